The van der Waals surface area contributed by atoms with E-state index in [1.807, 2.05) is 0 Å². The molecule has 0 aliphatic rings. The minimum atomic E-state index is -5.79. The molecule has 1 rings (SSSR count). The Morgan fingerprint density at radius 2 is 1.70 bits per heavy atom. The second kappa shape index (κ2) is 5.46. The predicted molar refractivity (Wildman–Crippen MR) is 64.6 cm³/mol. The van der Waals surface area contributed by atoms with Gasteiger partial charge < -0.3 is 5.11 Å². The first kappa shape index (κ1) is 17.1. The summed E-state index contributed by atoms with van der Waals surface area (Å²) in [5.74, 6) is -7.77. The SMILES string of the molecule is CC(C)c1cc(Br)c(CC(F)(F)C(F)(F)F)c(F)c1O. The zero-order chi connectivity index (χ0) is 15.9. The van der Waals surface area contributed by atoms with Crippen LogP contribution in [0.2, 0.25) is 0 Å². The van der Waals surface area contributed by atoms with Crippen molar-refractivity contribution in [2.24, 2.45) is 0 Å². The molecule has 0 fully saturated rings. The maximum atomic E-state index is 13.8. The van der Waals surface area contributed by atoms with Crippen LogP contribution in [0, 0.1) is 5.82 Å². The van der Waals surface area contributed by atoms with E-state index >= 15 is 0 Å². The molecule has 0 atom stereocenters. The van der Waals surface area contributed by atoms with Crippen LogP contribution in [0.15, 0.2) is 10.5 Å². The predicted octanol–water partition coefficient (Wildman–Crippen LogP) is 5.16. The van der Waals surface area contributed by atoms with Crippen molar-refractivity contribution in [3.8, 4) is 5.75 Å². The standard InChI is InChI=1S/C12H11BrF6O/c1-5(2)6-3-8(13)7(9(14)10(6)20)4-11(15,16)12(17,18)19/h3,5,20H,4H2,1-2H3. The highest BCUT2D eigenvalue weighted by Crippen LogP contribution is 2.42. The monoisotopic (exact) mass is 364 g/mol. The highest BCUT2D eigenvalue weighted by atomic mass is 79.9. The van der Waals surface area contributed by atoms with E-state index in [1.165, 1.54) is 0 Å². The van der Waals surface area contributed by atoms with E-state index in [0.717, 1.165) is 6.07 Å². The number of rotatable bonds is 3. The van der Waals surface area contributed by atoms with Gasteiger partial charge in [0.25, 0.3) is 0 Å². The van der Waals surface area contributed by atoms with E-state index in [-0.39, 0.29) is 16.0 Å². The third-order valence-corrected chi connectivity index (χ3v) is 3.46. The quantitative estimate of drug-likeness (QED) is 0.734. The van der Waals surface area contributed by atoms with E-state index in [0.29, 0.717) is 0 Å². The lowest BCUT2D eigenvalue weighted by Crippen LogP contribution is -2.38. The molecule has 0 bridgehead atoms. The minimum absolute atomic E-state index is 0.119. The van der Waals surface area contributed by atoms with Gasteiger partial charge in [0.1, 0.15) is 0 Å². The summed E-state index contributed by atoms with van der Waals surface area (Å²) >= 11 is 2.77. The van der Waals surface area contributed by atoms with Gasteiger partial charge in [-0.3, -0.25) is 0 Å². The fourth-order valence-corrected chi connectivity index (χ4v) is 2.15. The van der Waals surface area contributed by atoms with E-state index in [9.17, 15) is 31.4 Å². The largest absolute Gasteiger partial charge is 0.505 e. The Morgan fingerprint density at radius 3 is 2.10 bits per heavy atom. The summed E-state index contributed by atoms with van der Waals surface area (Å²) < 4.78 is 76.0. The average Bonchev–Trinajstić information content (AvgIpc) is 2.27. The highest BCUT2D eigenvalue weighted by Gasteiger charge is 2.57. The zero-order valence-electron chi connectivity index (χ0n) is 10.5. The molecule has 0 saturated carbocycles. The van der Waals surface area contributed by atoms with Crippen molar-refractivity contribution in [3.63, 3.8) is 0 Å². The van der Waals surface area contributed by atoms with Crippen molar-refractivity contribution in [3.05, 3.63) is 27.5 Å². The first-order chi connectivity index (χ1) is 8.88. The second-order valence-corrected chi connectivity index (χ2v) is 5.48. The summed E-state index contributed by atoms with van der Waals surface area (Å²) in [7, 11) is 0. The lowest BCUT2D eigenvalue weighted by atomic mass is 9.97. The van der Waals surface area contributed by atoms with Crippen LogP contribution in [0.4, 0.5) is 26.3 Å². The molecule has 0 heterocycles. The summed E-state index contributed by atoms with van der Waals surface area (Å²) in [6, 6.07) is 1.14. The van der Waals surface area contributed by atoms with Crippen LogP contribution in [0.25, 0.3) is 0 Å². The van der Waals surface area contributed by atoms with Crippen molar-refractivity contribution < 1.29 is 31.4 Å². The van der Waals surface area contributed by atoms with Gasteiger partial charge in [-0.1, -0.05) is 29.8 Å². The molecular formula is C12H11BrF6O. The van der Waals surface area contributed by atoms with Crippen molar-refractivity contribution in [2.75, 3.05) is 0 Å². The molecule has 1 nitrogen and oxygen atoms in total. The molecule has 8 heteroatoms. The van der Waals surface area contributed by atoms with E-state index < -0.39 is 35.6 Å². The lowest BCUT2D eigenvalue weighted by Gasteiger charge is -2.21. The zero-order valence-corrected chi connectivity index (χ0v) is 12.0. The number of phenols is 1. The Balaban J connectivity index is 3.32. The van der Waals surface area contributed by atoms with Gasteiger partial charge in [0, 0.05) is 15.6 Å². The molecule has 1 aromatic rings. The average molecular weight is 365 g/mol. The summed E-state index contributed by atoms with van der Waals surface area (Å²) in [6.45, 7) is 3.23. The number of phenolic OH excluding ortho intramolecular Hbond substituents is 1. The molecular weight excluding hydrogens is 354 g/mol. The second-order valence-electron chi connectivity index (χ2n) is 4.62. The van der Waals surface area contributed by atoms with Gasteiger partial charge >= 0.3 is 12.1 Å². The number of benzene rings is 1. The van der Waals surface area contributed by atoms with Crippen molar-refractivity contribution >= 4 is 15.9 Å². The van der Waals surface area contributed by atoms with Crippen LogP contribution in [-0.2, 0) is 6.42 Å². The molecule has 0 radical (unpaired) electrons. The van der Waals surface area contributed by atoms with E-state index in [4.69, 9.17) is 0 Å². The molecule has 0 aromatic heterocycles. The third-order valence-electron chi connectivity index (χ3n) is 2.75. The van der Waals surface area contributed by atoms with Gasteiger partial charge in [0.05, 0.1) is 6.42 Å². The summed E-state index contributed by atoms with van der Waals surface area (Å²) in [6.07, 6.45) is -7.67. The lowest BCUT2D eigenvalue weighted by molar-refractivity contribution is -0.281. The first-order valence-electron chi connectivity index (χ1n) is 5.52. The molecule has 0 spiro atoms. The van der Waals surface area contributed by atoms with Crippen LogP contribution >= 0.6 is 15.9 Å². The topological polar surface area (TPSA) is 20.2 Å². The minimum Gasteiger partial charge on any atom is -0.505 e. The van der Waals surface area contributed by atoms with Crippen LogP contribution in [0.5, 0.6) is 5.75 Å². The van der Waals surface area contributed by atoms with Gasteiger partial charge in [-0.2, -0.15) is 22.0 Å². The fraction of sp³-hybridized carbons (Fsp3) is 0.500. The molecule has 0 saturated heterocycles. The van der Waals surface area contributed by atoms with Crippen LogP contribution in [-0.4, -0.2) is 17.2 Å². The highest BCUT2D eigenvalue weighted by molar-refractivity contribution is 9.10. The summed E-state index contributed by atoms with van der Waals surface area (Å²) in [5, 5.41) is 9.55. The Labute approximate surface area is 119 Å². The van der Waals surface area contributed by atoms with E-state index in [2.05, 4.69) is 15.9 Å². The molecule has 20 heavy (non-hydrogen) atoms. The number of hydrogen-bond acceptors (Lipinski definition) is 1. The van der Waals surface area contributed by atoms with Crippen molar-refractivity contribution in [2.45, 2.75) is 38.3 Å². The number of alkyl halides is 5. The maximum absolute atomic E-state index is 13.8. The molecule has 1 aromatic carbocycles. The molecule has 0 unspecified atom stereocenters. The maximum Gasteiger partial charge on any atom is 0.453 e. The first-order valence-corrected chi connectivity index (χ1v) is 6.32. The van der Waals surface area contributed by atoms with Crippen molar-refractivity contribution in [1.29, 1.82) is 0 Å². The fourth-order valence-electron chi connectivity index (χ4n) is 1.59. The number of aromatic hydroxyl groups is 1. The van der Waals surface area contributed by atoms with Gasteiger partial charge in [0.2, 0.25) is 0 Å². The van der Waals surface area contributed by atoms with Gasteiger partial charge in [-0.15, -0.1) is 0 Å². The summed E-state index contributed by atoms with van der Waals surface area (Å²) in [5.41, 5.74) is -0.789. The Kier molecular flexibility index (Phi) is 4.68. The smallest absolute Gasteiger partial charge is 0.453 e. The van der Waals surface area contributed by atoms with Crippen molar-refractivity contribution in [1.82, 2.24) is 0 Å². The number of halogens is 7. The van der Waals surface area contributed by atoms with Crippen LogP contribution in [0.3, 0.4) is 0 Å². The molecule has 0 aliphatic heterocycles. The van der Waals surface area contributed by atoms with Crippen LogP contribution < -0.4 is 0 Å². The normalized spacial score (nSPS) is 13.1. The Bertz CT molecular complexity index is 510. The molecule has 1 N–H and O–H groups in total. The van der Waals surface area contributed by atoms with Gasteiger partial charge in [-0.05, 0) is 12.0 Å². The van der Waals surface area contributed by atoms with Gasteiger partial charge in [-0.25, -0.2) is 4.39 Å². The third kappa shape index (κ3) is 3.21. The molecule has 114 valence electrons. The Morgan fingerprint density at radius 1 is 1.20 bits per heavy atom. The summed E-state index contributed by atoms with van der Waals surface area (Å²) in [4.78, 5) is 0. The van der Waals surface area contributed by atoms with Gasteiger partial charge in [0.15, 0.2) is 11.6 Å². The molecule has 0 aliphatic carbocycles. The number of hydrogen-bond donors (Lipinski definition) is 1. The van der Waals surface area contributed by atoms with E-state index in [1.54, 1.807) is 13.8 Å². The Hall–Kier alpha value is -0.920. The van der Waals surface area contributed by atoms with Crippen LogP contribution in [0.1, 0.15) is 30.9 Å². The molecule has 0 amide bonds.